The second-order valence-corrected chi connectivity index (χ2v) is 8.63. The quantitative estimate of drug-likeness (QED) is 0.124. The van der Waals surface area contributed by atoms with Gasteiger partial charge in [-0.1, -0.05) is 103 Å². The third kappa shape index (κ3) is 13.8. The van der Waals surface area contributed by atoms with Crippen LogP contribution in [0.2, 0.25) is 0 Å². The molecular formula is C26H41ClO3. The highest BCUT2D eigenvalue weighted by Gasteiger charge is 2.08. The number of rotatable bonds is 19. The predicted molar refractivity (Wildman–Crippen MR) is 126 cm³/mol. The molecule has 4 heteroatoms. The number of carbonyl (C=O) groups excluding carboxylic acids is 2. The molecule has 0 saturated carbocycles. The van der Waals surface area contributed by atoms with Crippen molar-refractivity contribution in [1.29, 1.82) is 0 Å². The van der Waals surface area contributed by atoms with Crippen molar-refractivity contribution in [3.05, 3.63) is 35.4 Å². The van der Waals surface area contributed by atoms with Crippen molar-refractivity contribution in [1.82, 2.24) is 0 Å². The highest BCUT2D eigenvalue weighted by atomic mass is 35.5. The van der Waals surface area contributed by atoms with E-state index < -0.39 is 5.24 Å². The molecule has 1 aromatic rings. The lowest BCUT2D eigenvalue weighted by Gasteiger charge is -2.06. The molecule has 0 amide bonds. The van der Waals surface area contributed by atoms with E-state index in [0.717, 1.165) is 12.8 Å². The van der Waals surface area contributed by atoms with Crippen LogP contribution in [0.25, 0.3) is 0 Å². The van der Waals surface area contributed by atoms with Gasteiger partial charge in [0, 0.05) is 5.56 Å². The third-order valence-corrected chi connectivity index (χ3v) is 5.80. The molecule has 0 atom stereocenters. The molecule has 0 saturated heterocycles. The fourth-order valence-corrected chi connectivity index (χ4v) is 3.76. The van der Waals surface area contributed by atoms with Crippen LogP contribution in [0.15, 0.2) is 24.3 Å². The molecule has 0 heterocycles. The highest BCUT2D eigenvalue weighted by molar-refractivity contribution is 6.67. The molecule has 0 aliphatic carbocycles. The standard InChI is InChI=1S/C26H41ClO3/c1-2-3-4-5-6-7-8-9-10-11-12-13-14-15-16-17-22-30-26(29)24-20-18-23(19-21-24)25(27)28/h18-21H,2-17,22H2,1H3. The normalized spacial score (nSPS) is 10.9. The summed E-state index contributed by atoms with van der Waals surface area (Å²) in [6.45, 7) is 2.72. The molecule has 0 radical (unpaired) electrons. The van der Waals surface area contributed by atoms with E-state index in [1.165, 1.54) is 89.9 Å². The maximum atomic E-state index is 11.9. The molecule has 0 unspecified atom stereocenters. The molecule has 1 rings (SSSR count). The molecule has 0 aliphatic heterocycles. The van der Waals surface area contributed by atoms with Crippen molar-refractivity contribution in [2.24, 2.45) is 0 Å². The van der Waals surface area contributed by atoms with Crippen LogP contribution in [-0.2, 0) is 4.74 Å². The zero-order chi connectivity index (χ0) is 21.9. The van der Waals surface area contributed by atoms with Crippen LogP contribution in [0.1, 0.15) is 130 Å². The van der Waals surface area contributed by atoms with Crippen LogP contribution in [-0.4, -0.2) is 17.8 Å². The Morgan fingerprint density at radius 3 is 1.40 bits per heavy atom. The Bertz CT molecular complexity index is 568. The van der Waals surface area contributed by atoms with Crippen molar-refractivity contribution < 1.29 is 14.3 Å². The van der Waals surface area contributed by atoms with Crippen molar-refractivity contribution in [3.63, 3.8) is 0 Å². The maximum absolute atomic E-state index is 11.9. The van der Waals surface area contributed by atoms with Crippen LogP contribution in [0, 0.1) is 0 Å². The van der Waals surface area contributed by atoms with Crippen molar-refractivity contribution in [3.8, 4) is 0 Å². The highest BCUT2D eigenvalue weighted by Crippen LogP contribution is 2.14. The summed E-state index contributed by atoms with van der Waals surface area (Å²) in [5.74, 6) is -0.343. The second-order valence-electron chi connectivity index (χ2n) is 8.29. The Morgan fingerprint density at radius 2 is 1.00 bits per heavy atom. The molecular weight excluding hydrogens is 396 g/mol. The summed E-state index contributed by atoms with van der Waals surface area (Å²) in [4.78, 5) is 23.0. The number of halogens is 1. The van der Waals surface area contributed by atoms with E-state index in [9.17, 15) is 9.59 Å². The van der Waals surface area contributed by atoms with Crippen LogP contribution in [0.5, 0.6) is 0 Å². The van der Waals surface area contributed by atoms with Gasteiger partial charge in [-0.3, -0.25) is 4.79 Å². The van der Waals surface area contributed by atoms with Crippen LogP contribution in [0.3, 0.4) is 0 Å². The number of hydrogen-bond acceptors (Lipinski definition) is 3. The van der Waals surface area contributed by atoms with E-state index in [1.54, 1.807) is 24.3 Å². The van der Waals surface area contributed by atoms with E-state index in [2.05, 4.69) is 6.92 Å². The van der Waals surface area contributed by atoms with Crippen LogP contribution >= 0.6 is 11.6 Å². The fourth-order valence-electron chi connectivity index (χ4n) is 3.64. The smallest absolute Gasteiger partial charge is 0.338 e. The maximum Gasteiger partial charge on any atom is 0.338 e. The summed E-state index contributed by atoms with van der Waals surface area (Å²) >= 11 is 5.40. The number of benzene rings is 1. The van der Waals surface area contributed by atoms with E-state index in [4.69, 9.17) is 16.3 Å². The van der Waals surface area contributed by atoms with Gasteiger partial charge in [0.05, 0.1) is 12.2 Å². The molecule has 1 aromatic carbocycles. The zero-order valence-corrected chi connectivity index (χ0v) is 19.7. The van der Waals surface area contributed by atoms with Crippen LogP contribution in [0.4, 0.5) is 0 Å². The van der Waals surface area contributed by atoms with E-state index in [-0.39, 0.29) is 5.97 Å². The minimum absolute atomic E-state index is 0.343. The van der Waals surface area contributed by atoms with Gasteiger partial charge in [-0.2, -0.15) is 0 Å². The number of carbonyl (C=O) groups is 2. The number of hydrogen-bond donors (Lipinski definition) is 0. The third-order valence-electron chi connectivity index (χ3n) is 5.58. The first-order valence-corrected chi connectivity index (χ1v) is 12.5. The summed E-state index contributed by atoms with van der Waals surface area (Å²) < 4.78 is 5.29. The Balaban J connectivity index is 1.85. The molecule has 0 spiro atoms. The number of unbranched alkanes of at least 4 members (excludes halogenated alkanes) is 15. The summed E-state index contributed by atoms with van der Waals surface area (Å²) in [5.41, 5.74) is 0.833. The molecule has 0 aliphatic rings. The first-order chi connectivity index (χ1) is 14.6. The van der Waals surface area contributed by atoms with Gasteiger partial charge in [-0.25, -0.2) is 4.79 Å². The van der Waals surface area contributed by atoms with E-state index in [0.29, 0.717) is 17.7 Å². The van der Waals surface area contributed by atoms with Crippen molar-refractivity contribution >= 4 is 22.8 Å². The van der Waals surface area contributed by atoms with Crippen molar-refractivity contribution in [2.45, 2.75) is 110 Å². The van der Waals surface area contributed by atoms with Gasteiger partial charge >= 0.3 is 5.97 Å². The lowest BCUT2D eigenvalue weighted by molar-refractivity contribution is 0.0497. The molecule has 0 bridgehead atoms. The zero-order valence-electron chi connectivity index (χ0n) is 18.9. The van der Waals surface area contributed by atoms with Gasteiger partial charge in [0.1, 0.15) is 0 Å². The molecule has 170 valence electrons. The Labute approximate surface area is 188 Å². The Kier molecular flexibility index (Phi) is 16.4. The van der Waals surface area contributed by atoms with E-state index in [1.807, 2.05) is 0 Å². The predicted octanol–water partition coefficient (Wildman–Crippen LogP) is 8.48. The average molecular weight is 437 g/mol. The lowest BCUT2D eigenvalue weighted by Crippen LogP contribution is -2.06. The minimum atomic E-state index is -0.525. The largest absolute Gasteiger partial charge is 0.462 e. The van der Waals surface area contributed by atoms with Gasteiger partial charge in [0.15, 0.2) is 0 Å². The van der Waals surface area contributed by atoms with Crippen molar-refractivity contribution in [2.75, 3.05) is 6.61 Å². The SMILES string of the molecule is CCCCCCCCCCCCCCCCCCOC(=O)c1ccc(C(=O)Cl)cc1. The minimum Gasteiger partial charge on any atom is -0.462 e. The number of ether oxygens (including phenoxy) is 1. The summed E-state index contributed by atoms with van der Waals surface area (Å²) in [5, 5.41) is -0.525. The van der Waals surface area contributed by atoms with E-state index >= 15 is 0 Å². The Hall–Kier alpha value is -1.35. The summed E-state index contributed by atoms with van der Waals surface area (Å²) in [7, 11) is 0. The molecule has 0 N–H and O–H groups in total. The topological polar surface area (TPSA) is 43.4 Å². The Morgan fingerprint density at radius 1 is 0.633 bits per heavy atom. The van der Waals surface area contributed by atoms with Gasteiger partial charge in [-0.15, -0.1) is 0 Å². The second kappa shape index (κ2) is 18.4. The van der Waals surface area contributed by atoms with Gasteiger partial charge in [0.2, 0.25) is 0 Å². The lowest BCUT2D eigenvalue weighted by atomic mass is 10.0. The van der Waals surface area contributed by atoms with Gasteiger partial charge < -0.3 is 4.74 Å². The van der Waals surface area contributed by atoms with Crippen LogP contribution < -0.4 is 0 Å². The first kappa shape index (κ1) is 26.7. The summed E-state index contributed by atoms with van der Waals surface area (Å²) in [6, 6.07) is 6.23. The molecule has 30 heavy (non-hydrogen) atoms. The molecule has 3 nitrogen and oxygen atoms in total. The summed E-state index contributed by atoms with van der Waals surface area (Å²) in [6.07, 6.45) is 21.2. The fraction of sp³-hybridized carbons (Fsp3) is 0.692. The molecule has 0 aromatic heterocycles. The number of esters is 1. The van der Waals surface area contributed by atoms with Gasteiger partial charge in [0.25, 0.3) is 5.24 Å². The first-order valence-electron chi connectivity index (χ1n) is 12.1. The molecule has 0 fully saturated rings. The average Bonchev–Trinajstić information content (AvgIpc) is 2.75. The van der Waals surface area contributed by atoms with Gasteiger partial charge in [-0.05, 0) is 42.3 Å². The monoisotopic (exact) mass is 436 g/mol.